The lowest BCUT2D eigenvalue weighted by Crippen LogP contribution is -2.44. The van der Waals surface area contributed by atoms with Crippen LogP contribution >= 0.6 is 0 Å². The highest BCUT2D eigenvalue weighted by molar-refractivity contribution is 5.79. The average Bonchev–Trinajstić information content (AvgIpc) is 2.34. The van der Waals surface area contributed by atoms with Crippen molar-refractivity contribution in [1.29, 1.82) is 0 Å². The van der Waals surface area contributed by atoms with Gasteiger partial charge in [0, 0.05) is 6.04 Å². The fraction of sp³-hybridized carbons (Fsp3) is 0.417. The van der Waals surface area contributed by atoms with Gasteiger partial charge in [0.2, 0.25) is 5.96 Å². The van der Waals surface area contributed by atoms with Gasteiger partial charge in [0.15, 0.2) is 0 Å². The molecule has 0 amide bonds. The van der Waals surface area contributed by atoms with Gasteiger partial charge in [0.1, 0.15) is 5.75 Å². The van der Waals surface area contributed by atoms with Crippen LogP contribution in [0.15, 0.2) is 29.3 Å². The Kier molecular flexibility index (Phi) is 5.29. The first-order chi connectivity index (χ1) is 8.15. The molecule has 0 saturated carbocycles. The molecule has 0 aliphatic carbocycles. The van der Waals surface area contributed by atoms with Gasteiger partial charge in [-0.3, -0.25) is 5.43 Å². The lowest BCUT2D eigenvalue weighted by atomic mass is 10.2. The van der Waals surface area contributed by atoms with Crippen LogP contribution in [-0.4, -0.2) is 19.1 Å². The van der Waals surface area contributed by atoms with Crippen LogP contribution in [0.2, 0.25) is 0 Å². The number of hydrazine groups is 1. The first-order valence-corrected chi connectivity index (χ1v) is 5.56. The lowest BCUT2D eigenvalue weighted by molar-refractivity contribution is 0.414. The minimum Gasteiger partial charge on any atom is -0.497 e. The SMILES string of the molecule is COc1cccc(CN=C(NN)NC(C)C)c1. The standard InChI is InChI=1S/C12H20N4O/c1-9(2)15-12(16-13)14-8-10-5-4-6-11(7-10)17-3/h4-7,9H,8,13H2,1-3H3,(H2,14,15,16). The van der Waals surface area contributed by atoms with E-state index in [2.05, 4.69) is 15.7 Å². The van der Waals surface area contributed by atoms with Gasteiger partial charge < -0.3 is 10.1 Å². The summed E-state index contributed by atoms with van der Waals surface area (Å²) in [7, 11) is 1.65. The van der Waals surface area contributed by atoms with Gasteiger partial charge in [0.05, 0.1) is 13.7 Å². The molecular formula is C12H20N4O. The number of hydrogen-bond donors (Lipinski definition) is 3. The maximum Gasteiger partial charge on any atom is 0.206 e. The molecule has 0 aromatic heterocycles. The summed E-state index contributed by atoms with van der Waals surface area (Å²) >= 11 is 0. The number of nitrogens with two attached hydrogens (primary N) is 1. The van der Waals surface area contributed by atoms with E-state index in [0.29, 0.717) is 12.5 Å². The van der Waals surface area contributed by atoms with Crippen LogP contribution in [0.5, 0.6) is 5.75 Å². The van der Waals surface area contributed by atoms with Crippen molar-refractivity contribution >= 4 is 5.96 Å². The van der Waals surface area contributed by atoms with Gasteiger partial charge in [-0.25, -0.2) is 10.8 Å². The zero-order valence-electron chi connectivity index (χ0n) is 10.5. The van der Waals surface area contributed by atoms with Gasteiger partial charge in [-0.1, -0.05) is 12.1 Å². The number of aliphatic imine (C=N–C) groups is 1. The van der Waals surface area contributed by atoms with Crippen LogP contribution in [0, 0.1) is 0 Å². The van der Waals surface area contributed by atoms with E-state index in [1.165, 1.54) is 0 Å². The molecule has 0 spiro atoms. The molecule has 0 heterocycles. The first kappa shape index (κ1) is 13.3. The molecule has 0 radical (unpaired) electrons. The number of ether oxygens (including phenoxy) is 1. The van der Waals surface area contributed by atoms with Crippen molar-refractivity contribution < 1.29 is 4.74 Å². The molecule has 0 aliphatic heterocycles. The highest BCUT2D eigenvalue weighted by Crippen LogP contribution is 2.12. The number of nitrogens with zero attached hydrogens (tertiary/aromatic N) is 1. The molecule has 0 bridgehead atoms. The van der Waals surface area contributed by atoms with Crippen molar-refractivity contribution in [2.45, 2.75) is 26.4 Å². The van der Waals surface area contributed by atoms with E-state index in [-0.39, 0.29) is 6.04 Å². The van der Waals surface area contributed by atoms with Crippen LogP contribution in [0.4, 0.5) is 0 Å². The first-order valence-electron chi connectivity index (χ1n) is 5.56. The normalized spacial score (nSPS) is 11.5. The highest BCUT2D eigenvalue weighted by Gasteiger charge is 1.99. The monoisotopic (exact) mass is 236 g/mol. The van der Waals surface area contributed by atoms with Crippen LogP contribution in [0.1, 0.15) is 19.4 Å². The van der Waals surface area contributed by atoms with Crippen molar-refractivity contribution in [3.05, 3.63) is 29.8 Å². The molecule has 1 rings (SSSR count). The van der Waals surface area contributed by atoms with E-state index in [0.717, 1.165) is 11.3 Å². The van der Waals surface area contributed by atoms with Crippen molar-refractivity contribution in [2.75, 3.05) is 7.11 Å². The van der Waals surface area contributed by atoms with Gasteiger partial charge >= 0.3 is 0 Å². The Morgan fingerprint density at radius 1 is 1.47 bits per heavy atom. The highest BCUT2D eigenvalue weighted by atomic mass is 16.5. The number of nitrogens with one attached hydrogen (secondary N) is 2. The maximum atomic E-state index is 5.37. The van der Waals surface area contributed by atoms with E-state index in [4.69, 9.17) is 10.6 Å². The molecule has 1 aromatic rings. The summed E-state index contributed by atoms with van der Waals surface area (Å²) in [6, 6.07) is 8.08. The second-order valence-corrected chi connectivity index (χ2v) is 3.96. The largest absolute Gasteiger partial charge is 0.497 e. The summed E-state index contributed by atoms with van der Waals surface area (Å²) in [4.78, 5) is 4.34. The zero-order valence-corrected chi connectivity index (χ0v) is 10.5. The second-order valence-electron chi connectivity index (χ2n) is 3.96. The third-order valence-corrected chi connectivity index (χ3v) is 2.12. The zero-order chi connectivity index (χ0) is 12.7. The Bertz CT molecular complexity index is 377. The fourth-order valence-electron chi connectivity index (χ4n) is 1.35. The van der Waals surface area contributed by atoms with Crippen LogP contribution in [-0.2, 0) is 6.54 Å². The Morgan fingerprint density at radius 3 is 2.82 bits per heavy atom. The molecule has 17 heavy (non-hydrogen) atoms. The molecule has 0 unspecified atom stereocenters. The molecule has 1 aromatic carbocycles. The topological polar surface area (TPSA) is 71.7 Å². The van der Waals surface area contributed by atoms with E-state index in [9.17, 15) is 0 Å². The molecule has 4 N–H and O–H groups in total. The Labute approximate surface area is 102 Å². The number of methoxy groups -OCH3 is 1. The minimum absolute atomic E-state index is 0.287. The van der Waals surface area contributed by atoms with Crippen LogP contribution in [0.3, 0.4) is 0 Å². The molecule has 0 fully saturated rings. The lowest BCUT2D eigenvalue weighted by Gasteiger charge is -2.12. The molecule has 5 nitrogen and oxygen atoms in total. The fourth-order valence-corrected chi connectivity index (χ4v) is 1.35. The van der Waals surface area contributed by atoms with Gasteiger partial charge in [-0.05, 0) is 31.5 Å². The number of guanidine groups is 1. The Hall–Kier alpha value is -1.75. The summed E-state index contributed by atoms with van der Waals surface area (Å²) in [5, 5.41) is 3.11. The van der Waals surface area contributed by atoms with E-state index < -0.39 is 0 Å². The van der Waals surface area contributed by atoms with Crippen LogP contribution < -0.4 is 21.3 Å². The molecular weight excluding hydrogens is 216 g/mol. The quantitative estimate of drug-likeness (QED) is 0.316. The second kappa shape index (κ2) is 6.75. The number of benzene rings is 1. The molecule has 94 valence electrons. The van der Waals surface area contributed by atoms with Crippen molar-refractivity contribution in [2.24, 2.45) is 10.8 Å². The third-order valence-electron chi connectivity index (χ3n) is 2.12. The average molecular weight is 236 g/mol. The molecule has 0 saturated heterocycles. The predicted molar refractivity (Wildman–Crippen MR) is 69.7 cm³/mol. The maximum absolute atomic E-state index is 5.37. The number of rotatable bonds is 4. The van der Waals surface area contributed by atoms with Crippen molar-refractivity contribution in [1.82, 2.24) is 10.7 Å². The summed E-state index contributed by atoms with van der Waals surface area (Å²) in [6.45, 7) is 4.60. The minimum atomic E-state index is 0.287. The van der Waals surface area contributed by atoms with E-state index in [1.807, 2.05) is 38.1 Å². The molecule has 0 aliphatic rings. The number of hydrogen-bond acceptors (Lipinski definition) is 3. The van der Waals surface area contributed by atoms with Gasteiger partial charge in [-0.2, -0.15) is 0 Å². The molecule has 0 atom stereocenters. The summed E-state index contributed by atoms with van der Waals surface area (Å²) in [5.74, 6) is 6.79. The predicted octanol–water partition coefficient (Wildman–Crippen LogP) is 1.01. The van der Waals surface area contributed by atoms with Crippen LogP contribution in [0.25, 0.3) is 0 Å². The Morgan fingerprint density at radius 2 is 2.24 bits per heavy atom. The summed E-state index contributed by atoms with van der Waals surface area (Å²) in [5.41, 5.74) is 3.61. The summed E-state index contributed by atoms with van der Waals surface area (Å²) in [6.07, 6.45) is 0. The Balaban J connectivity index is 2.66. The van der Waals surface area contributed by atoms with Gasteiger partial charge in [0.25, 0.3) is 0 Å². The van der Waals surface area contributed by atoms with Gasteiger partial charge in [-0.15, -0.1) is 0 Å². The third kappa shape index (κ3) is 4.74. The van der Waals surface area contributed by atoms with E-state index >= 15 is 0 Å². The van der Waals surface area contributed by atoms with E-state index in [1.54, 1.807) is 7.11 Å². The summed E-state index contributed by atoms with van der Waals surface area (Å²) < 4.78 is 5.15. The smallest absolute Gasteiger partial charge is 0.206 e. The molecule has 5 heteroatoms. The van der Waals surface area contributed by atoms with Crippen molar-refractivity contribution in [3.63, 3.8) is 0 Å². The van der Waals surface area contributed by atoms with Crippen molar-refractivity contribution in [3.8, 4) is 5.75 Å².